The maximum absolute atomic E-state index is 5.44. The minimum Gasteiger partial charge on any atom is -0.448 e. The van der Waals surface area contributed by atoms with Crippen molar-refractivity contribution in [2.24, 2.45) is 5.73 Å². The second-order valence-corrected chi connectivity index (χ2v) is 4.44. The minimum absolute atomic E-state index is 0.663. The second-order valence-electron chi connectivity index (χ2n) is 3.53. The summed E-state index contributed by atoms with van der Waals surface area (Å²) in [6, 6.07) is 8.00. The van der Waals surface area contributed by atoms with Crippen molar-refractivity contribution >= 4 is 15.9 Å². The van der Waals surface area contributed by atoms with Crippen LogP contribution in [0.4, 0.5) is 0 Å². The zero-order chi connectivity index (χ0) is 11.4. The van der Waals surface area contributed by atoms with Gasteiger partial charge in [0.15, 0.2) is 5.89 Å². The van der Waals surface area contributed by atoms with E-state index < -0.39 is 0 Å². The molecule has 2 rings (SSSR count). The van der Waals surface area contributed by atoms with E-state index in [1.54, 1.807) is 6.26 Å². The largest absolute Gasteiger partial charge is 0.448 e. The van der Waals surface area contributed by atoms with Crippen LogP contribution in [0, 0.1) is 0 Å². The number of oxazole rings is 1. The number of nitrogens with zero attached hydrogens (tertiary/aromatic N) is 1. The maximum atomic E-state index is 5.44. The van der Waals surface area contributed by atoms with E-state index in [9.17, 15) is 0 Å². The number of halogens is 1. The minimum atomic E-state index is 0.663. The van der Waals surface area contributed by atoms with Crippen molar-refractivity contribution in [3.63, 3.8) is 0 Å². The molecule has 16 heavy (non-hydrogen) atoms. The van der Waals surface area contributed by atoms with E-state index in [1.165, 1.54) is 0 Å². The van der Waals surface area contributed by atoms with E-state index in [2.05, 4.69) is 20.9 Å². The molecule has 0 amide bonds. The molecule has 84 valence electrons. The molecule has 0 bridgehead atoms. The molecule has 0 fully saturated rings. The molecule has 0 aliphatic carbocycles. The van der Waals surface area contributed by atoms with Crippen LogP contribution in [0.5, 0.6) is 0 Å². The molecule has 2 N–H and O–H groups in total. The summed E-state index contributed by atoms with van der Waals surface area (Å²) in [6.45, 7) is 0.663. The van der Waals surface area contributed by atoms with Crippen LogP contribution in [0.3, 0.4) is 0 Å². The van der Waals surface area contributed by atoms with Crippen LogP contribution < -0.4 is 5.73 Å². The Bertz CT molecular complexity index is 450. The molecule has 1 aromatic heterocycles. The van der Waals surface area contributed by atoms with Crippen LogP contribution in [0.1, 0.15) is 12.3 Å². The number of hydrogen-bond donors (Lipinski definition) is 1. The summed E-state index contributed by atoms with van der Waals surface area (Å²) >= 11 is 3.40. The molecule has 0 aliphatic rings. The molecular formula is C12H13BrN2O. The lowest BCUT2D eigenvalue weighted by molar-refractivity contribution is 0.488. The number of hydrogen-bond acceptors (Lipinski definition) is 3. The molecule has 2 aromatic rings. The van der Waals surface area contributed by atoms with E-state index in [0.29, 0.717) is 6.54 Å². The number of rotatable bonds is 4. The highest BCUT2D eigenvalue weighted by atomic mass is 79.9. The van der Waals surface area contributed by atoms with E-state index in [4.69, 9.17) is 10.2 Å². The van der Waals surface area contributed by atoms with Gasteiger partial charge in [-0.05, 0) is 25.1 Å². The monoisotopic (exact) mass is 280 g/mol. The lowest BCUT2D eigenvalue weighted by Crippen LogP contribution is -2.00. The van der Waals surface area contributed by atoms with E-state index in [-0.39, 0.29) is 0 Å². The van der Waals surface area contributed by atoms with Gasteiger partial charge in [-0.15, -0.1) is 0 Å². The molecule has 0 unspecified atom stereocenters. The third-order valence-electron chi connectivity index (χ3n) is 2.29. The molecule has 0 spiro atoms. The Morgan fingerprint density at radius 1 is 1.25 bits per heavy atom. The standard InChI is InChI=1S/C12H13BrN2O/c13-10-5-3-9(4-6-10)11-8-16-12(15-11)2-1-7-14/h3-6,8H,1-2,7,14H2. The summed E-state index contributed by atoms with van der Waals surface area (Å²) in [7, 11) is 0. The van der Waals surface area contributed by atoms with Gasteiger partial charge in [0.1, 0.15) is 12.0 Å². The van der Waals surface area contributed by atoms with Crippen LogP contribution in [0.2, 0.25) is 0 Å². The van der Waals surface area contributed by atoms with Gasteiger partial charge in [-0.2, -0.15) is 0 Å². The lowest BCUT2D eigenvalue weighted by Gasteiger charge is -1.95. The molecule has 0 aliphatic heterocycles. The van der Waals surface area contributed by atoms with Crippen molar-refractivity contribution in [3.8, 4) is 11.3 Å². The average molecular weight is 281 g/mol. The Morgan fingerprint density at radius 2 is 2.00 bits per heavy atom. The molecule has 0 radical (unpaired) electrons. The highest BCUT2D eigenvalue weighted by molar-refractivity contribution is 9.10. The molecule has 0 saturated carbocycles. The van der Waals surface area contributed by atoms with Crippen molar-refractivity contribution < 1.29 is 4.42 Å². The molecular weight excluding hydrogens is 268 g/mol. The fourth-order valence-electron chi connectivity index (χ4n) is 1.43. The fourth-order valence-corrected chi connectivity index (χ4v) is 1.70. The van der Waals surface area contributed by atoms with Crippen LogP contribution in [0.15, 0.2) is 39.4 Å². The number of benzene rings is 1. The first-order valence-corrected chi connectivity index (χ1v) is 5.99. The lowest BCUT2D eigenvalue weighted by atomic mass is 10.2. The number of aromatic nitrogens is 1. The first-order valence-electron chi connectivity index (χ1n) is 5.20. The molecule has 0 saturated heterocycles. The topological polar surface area (TPSA) is 52.0 Å². The number of aryl methyl sites for hydroxylation is 1. The van der Waals surface area contributed by atoms with Gasteiger partial charge in [-0.1, -0.05) is 28.1 Å². The van der Waals surface area contributed by atoms with Crippen molar-refractivity contribution in [1.82, 2.24) is 4.98 Å². The predicted molar refractivity (Wildman–Crippen MR) is 67.0 cm³/mol. The first-order chi connectivity index (χ1) is 7.79. The summed E-state index contributed by atoms with van der Waals surface area (Å²) in [5, 5.41) is 0. The summed E-state index contributed by atoms with van der Waals surface area (Å²) in [5.41, 5.74) is 7.37. The fraction of sp³-hybridized carbons (Fsp3) is 0.250. The van der Waals surface area contributed by atoms with Crippen molar-refractivity contribution in [2.45, 2.75) is 12.8 Å². The van der Waals surface area contributed by atoms with Gasteiger partial charge >= 0.3 is 0 Å². The van der Waals surface area contributed by atoms with Gasteiger partial charge in [0.25, 0.3) is 0 Å². The smallest absolute Gasteiger partial charge is 0.194 e. The Balaban J connectivity index is 2.15. The first kappa shape index (κ1) is 11.4. The Kier molecular flexibility index (Phi) is 3.74. The van der Waals surface area contributed by atoms with Gasteiger partial charge in [0, 0.05) is 16.5 Å². The molecule has 4 heteroatoms. The van der Waals surface area contributed by atoms with Gasteiger partial charge < -0.3 is 10.2 Å². The number of nitrogens with two attached hydrogens (primary N) is 1. The Hall–Kier alpha value is -1.13. The van der Waals surface area contributed by atoms with Crippen LogP contribution in [-0.4, -0.2) is 11.5 Å². The van der Waals surface area contributed by atoms with Gasteiger partial charge in [-0.3, -0.25) is 0 Å². The molecule has 1 heterocycles. The third-order valence-corrected chi connectivity index (χ3v) is 2.82. The van der Waals surface area contributed by atoms with Crippen molar-refractivity contribution in [2.75, 3.05) is 6.54 Å². The molecule has 0 atom stereocenters. The zero-order valence-electron chi connectivity index (χ0n) is 8.82. The molecule has 1 aromatic carbocycles. The SMILES string of the molecule is NCCCc1nc(-c2ccc(Br)cc2)co1. The van der Waals surface area contributed by atoms with Gasteiger partial charge in [0.05, 0.1) is 0 Å². The van der Waals surface area contributed by atoms with Gasteiger partial charge in [0.2, 0.25) is 0 Å². The quantitative estimate of drug-likeness (QED) is 0.937. The average Bonchev–Trinajstić information content (AvgIpc) is 2.76. The summed E-state index contributed by atoms with van der Waals surface area (Å²) in [4.78, 5) is 4.41. The normalized spacial score (nSPS) is 10.6. The summed E-state index contributed by atoms with van der Waals surface area (Å²) in [5.74, 6) is 0.753. The van der Waals surface area contributed by atoms with Crippen LogP contribution >= 0.6 is 15.9 Å². The van der Waals surface area contributed by atoms with E-state index >= 15 is 0 Å². The van der Waals surface area contributed by atoms with E-state index in [0.717, 1.165) is 34.5 Å². The van der Waals surface area contributed by atoms with E-state index in [1.807, 2.05) is 24.3 Å². The Labute approximate surface area is 103 Å². The highest BCUT2D eigenvalue weighted by Gasteiger charge is 2.05. The Morgan fingerprint density at radius 3 is 2.69 bits per heavy atom. The summed E-state index contributed by atoms with van der Waals surface area (Å²) < 4.78 is 6.43. The molecule has 3 nitrogen and oxygen atoms in total. The van der Waals surface area contributed by atoms with Crippen molar-refractivity contribution in [1.29, 1.82) is 0 Å². The third kappa shape index (κ3) is 2.71. The highest BCUT2D eigenvalue weighted by Crippen LogP contribution is 2.21. The second kappa shape index (κ2) is 5.27. The zero-order valence-corrected chi connectivity index (χ0v) is 10.4. The van der Waals surface area contributed by atoms with Crippen LogP contribution in [0.25, 0.3) is 11.3 Å². The maximum Gasteiger partial charge on any atom is 0.194 e. The summed E-state index contributed by atoms with van der Waals surface area (Å²) in [6.07, 6.45) is 3.39. The predicted octanol–water partition coefficient (Wildman–Crippen LogP) is 3.00. The van der Waals surface area contributed by atoms with Crippen LogP contribution in [-0.2, 0) is 6.42 Å². The van der Waals surface area contributed by atoms with Crippen molar-refractivity contribution in [3.05, 3.63) is 40.9 Å². The van der Waals surface area contributed by atoms with Gasteiger partial charge in [-0.25, -0.2) is 4.98 Å².